The van der Waals surface area contributed by atoms with Crippen LogP contribution in [-0.4, -0.2) is 18.4 Å². The van der Waals surface area contributed by atoms with Gasteiger partial charge in [0.1, 0.15) is 0 Å². The molecule has 0 saturated carbocycles. The summed E-state index contributed by atoms with van der Waals surface area (Å²) in [5.41, 5.74) is 3.27. The van der Waals surface area contributed by atoms with Crippen LogP contribution < -0.4 is 16.0 Å². The number of rotatable bonds is 5. The third-order valence-electron chi connectivity index (χ3n) is 3.03. The number of benzene rings is 2. The molecular formula is C17H18BrN3O2. The van der Waals surface area contributed by atoms with Crippen LogP contribution in [0.5, 0.6) is 0 Å². The molecule has 0 aliphatic heterocycles. The Hall–Kier alpha value is -2.34. The molecule has 23 heavy (non-hydrogen) atoms. The molecule has 0 aliphatic carbocycles. The first-order valence-corrected chi connectivity index (χ1v) is 7.91. The lowest BCUT2D eigenvalue weighted by molar-refractivity contribution is -0.115. The van der Waals surface area contributed by atoms with E-state index in [2.05, 4.69) is 31.9 Å². The third-order valence-corrected chi connectivity index (χ3v) is 3.69. The van der Waals surface area contributed by atoms with Gasteiger partial charge in [-0.2, -0.15) is 0 Å². The van der Waals surface area contributed by atoms with Crippen LogP contribution in [0.4, 0.5) is 17.1 Å². The first-order valence-electron chi connectivity index (χ1n) is 7.11. The number of carbonyl (C=O) groups excluding carboxylic acids is 2. The topological polar surface area (TPSA) is 70.2 Å². The van der Waals surface area contributed by atoms with Crippen molar-refractivity contribution < 1.29 is 9.59 Å². The number of hydrogen-bond donors (Lipinski definition) is 3. The smallest absolute Gasteiger partial charge is 0.243 e. The van der Waals surface area contributed by atoms with E-state index in [9.17, 15) is 9.59 Å². The van der Waals surface area contributed by atoms with Crippen LogP contribution in [0.25, 0.3) is 0 Å². The summed E-state index contributed by atoms with van der Waals surface area (Å²) in [6.07, 6.45) is 0. The molecule has 2 rings (SSSR count). The van der Waals surface area contributed by atoms with Crippen LogP contribution in [-0.2, 0) is 9.59 Å². The molecule has 0 unspecified atom stereocenters. The highest BCUT2D eigenvalue weighted by Crippen LogP contribution is 2.23. The number of amides is 2. The van der Waals surface area contributed by atoms with Gasteiger partial charge in [-0.3, -0.25) is 9.59 Å². The highest BCUT2D eigenvalue weighted by molar-refractivity contribution is 9.10. The van der Waals surface area contributed by atoms with Gasteiger partial charge in [-0.25, -0.2) is 0 Å². The van der Waals surface area contributed by atoms with E-state index in [1.165, 1.54) is 6.92 Å². The SMILES string of the molecule is CC(=O)Nc1cccc(NC(=O)CNc2ccc(C)cc2Br)c1. The summed E-state index contributed by atoms with van der Waals surface area (Å²) in [7, 11) is 0. The molecule has 6 heteroatoms. The molecule has 0 heterocycles. The van der Waals surface area contributed by atoms with Gasteiger partial charge in [0, 0.05) is 28.5 Å². The highest BCUT2D eigenvalue weighted by Gasteiger charge is 2.05. The number of halogens is 1. The maximum absolute atomic E-state index is 12.0. The lowest BCUT2D eigenvalue weighted by Crippen LogP contribution is -2.22. The number of aryl methyl sites for hydroxylation is 1. The number of nitrogens with one attached hydrogen (secondary N) is 3. The molecule has 0 atom stereocenters. The van der Waals surface area contributed by atoms with Crippen molar-refractivity contribution >= 4 is 44.8 Å². The van der Waals surface area contributed by atoms with Gasteiger partial charge in [-0.05, 0) is 58.7 Å². The Balaban J connectivity index is 1.93. The van der Waals surface area contributed by atoms with Crippen LogP contribution >= 0.6 is 15.9 Å². The van der Waals surface area contributed by atoms with Crippen molar-refractivity contribution in [2.75, 3.05) is 22.5 Å². The van der Waals surface area contributed by atoms with Crippen LogP contribution in [0.1, 0.15) is 12.5 Å². The molecule has 2 aromatic carbocycles. The molecule has 0 bridgehead atoms. The molecule has 2 aromatic rings. The van der Waals surface area contributed by atoms with E-state index in [0.717, 1.165) is 15.7 Å². The maximum Gasteiger partial charge on any atom is 0.243 e. The van der Waals surface area contributed by atoms with Crippen molar-refractivity contribution in [1.29, 1.82) is 0 Å². The number of hydrogen-bond acceptors (Lipinski definition) is 3. The Bertz CT molecular complexity index is 732. The number of anilines is 3. The second kappa shape index (κ2) is 7.78. The first-order chi connectivity index (χ1) is 10.9. The molecule has 0 saturated heterocycles. The van der Waals surface area contributed by atoms with Crippen molar-refractivity contribution in [3.63, 3.8) is 0 Å². The van der Waals surface area contributed by atoms with Gasteiger partial charge in [0.25, 0.3) is 0 Å². The van der Waals surface area contributed by atoms with Crippen LogP contribution in [0.15, 0.2) is 46.9 Å². The Kier molecular flexibility index (Phi) is 5.76. The minimum absolute atomic E-state index is 0.145. The van der Waals surface area contributed by atoms with E-state index in [1.54, 1.807) is 24.3 Å². The molecular weight excluding hydrogens is 358 g/mol. The predicted octanol–water partition coefficient (Wildman–Crippen LogP) is 3.77. The third kappa shape index (κ3) is 5.41. The normalized spacial score (nSPS) is 10.0. The standard InChI is InChI=1S/C17H18BrN3O2/c1-11-6-7-16(15(18)8-11)19-10-17(23)21-14-5-3-4-13(9-14)20-12(2)22/h3-9,19H,10H2,1-2H3,(H,20,22)(H,21,23). The molecule has 5 nitrogen and oxygen atoms in total. The molecule has 120 valence electrons. The van der Waals surface area contributed by atoms with E-state index in [1.807, 2.05) is 25.1 Å². The zero-order chi connectivity index (χ0) is 16.8. The van der Waals surface area contributed by atoms with Crippen molar-refractivity contribution in [3.05, 3.63) is 52.5 Å². The van der Waals surface area contributed by atoms with Crippen molar-refractivity contribution in [2.24, 2.45) is 0 Å². The van der Waals surface area contributed by atoms with Gasteiger partial charge < -0.3 is 16.0 Å². The molecule has 0 aromatic heterocycles. The summed E-state index contributed by atoms with van der Waals surface area (Å²) in [4.78, 5) is 23.1. The molecule has 2 amide bonds. The Morgan fingerprint density at radius 2 is 1.74 bits per heavy atom. The summed E-state index contributed by atoms with van der Waals surface area (Å²) in [6.45, 7) is 3.59. The average Bonchev–Trinajstić information content (AvgIpc) is 2.46. The summed E-state index contributed by atoms with van der Waals surface area (Å²) >= 11 is 3.46. The fourth-order valence-electron chi connectivity index (χ4n) is 2.02. The van der Waals surface area contributed by atoms with E-state index in [4.69, 9.17) is 0 Å². The predicted molar refractivity (Wildman–Crippen MR) is 96.7 cm³/mol. The first kappa shape index (κ1) is 17.0. The average molecular weight is 376 g/mol. The highest BCUT2D eigenvalue weighted by atomic mass is 79.9. The van der Waals surface area contributed by atoms with Gasteiger partial charge >= 0.3 is 0 Å². The summed E-state index contributed by atoms with van der Waals surface area (Å²) in [5.74, 6) is -0.322. The summed E-state index contributed by atoms with van der Waals surface area (Å²) in [6, 6.07) is 12.9. The number of carbonyl (C=O) groups is 2. The molecule has 0 radical (unpaired) electrons. The monoisotopic (exact) mass is 375 g/mol. The molecule has 0 spiro atoms. The van der Waals surface area contributed by atoms with Gasteiger partial charge in [0.05, 0.1) is 6.54 Å². The van der Waals surface area contributed by atoms with Crippen molar-refractivity contribution in [2.45, 2.75) is 13.8 Å². The van der Waals surface area contributed by atoms with Gasteiger partial charge in [-0.15, -0.1) is 0 Å². The lowest BCUT2D eigenvalue weighted by atomic mass is 10.2. The Labute approximate surface area is 143 Å². The van der Waals surface area contributed by atoms with Gasteiger partial charge in [0.2, 0.25) is 11.8 Å². The molecule has 3 N–H and O–H groups in total. The van der Waals surface area contributed by atoms with Crippen molar-refractivity contribution in [3.8, 4) is 0 Å². The summed E-state index contributed by atoms with van der Waals surface area (Å²) in [5, 5.41) is 8.54. The second-order valence-electron chi connectivity index (χ2n) is 5.15. The van der Waals surface area contributed by atoms with Crippen LogP contribution in [0, 0.1) is 6.92 Å². The van der Waals surface area contributed by atoms with Crippen LogP contribution in [0.3, 0.4) is 0 Å². The van der Waals surface area contributed by atoms with E-state index in [-0.39, 0.29) is 18.4 Å². The minimum atomic E-state index is -0.169. The van der Waals surface area contributed by atoms with Crippen LogP contribution in [0.2, 0.25) is 0 Å². The Morgan fingerprint density at radius 3 is 2.39 bits per heavy atom. The maximum atomic E-state index is 12.0. The largest absolute Gasteiger partial charge is 0.375 e. The zero-order valence-corrected chi connectivity index (χ0v) is 14.5. The zero-order valence-electron chi connectivity index (χ0n) is 12.9. The fourth-order valence-corrected chi connectivity index (χ4v) is 2.66. The lowest BCUT2D eigenvalue weighted by Gasteiger charge is -2.11. The summed E-state index contributed by atoms with van der Waals surface area (Å²) < 4.78 is 0.915. The van der Waals surface area contributed by atoms with Gasteiger partial charge in [-0.1, -0.05) is 12.1 Å². The minimum Gasteiger partial charge on any atom is -0.375 e. The van der Waals surface area contributed by atoms with E-state index >= 15 is 0 Å². The van der Waals surface area contributed by atoms with E-state index < -0.39 is 0 Å². The Morgan fingerprint density at radius 1 is 1.04 bits per heavy atom. The quantitative estimate of drug-likeness (QED) is 0.744. The van der Waals surface area contributed by atoms with Crippen molar-refractivity contribution in [1.82, 2.24) is 0 Å². The van der Waals surface area contributed by atoms with Gasteiger partial charge in [0.15, 0.2) is 0 Å². The second-order valence-corrected chi connectivity index (χ2v) is 6.00. The van der Waals surface area contributed by atoms with E-state index in [0.29, 0.717) is 11.4 Å². The molecule has 0 aliphatic rings. The fraction of sp³-hybridized carbons (Fsp3) is 0.176. The molecule has 0 fully saturated rings.